The van der Waals surface area contributed by atoms with Crippen molar-refractivity contribution >= 4 is 11.3 Å². The van der Waals surface area contributed by atoms with Crippen molar-refractivity contribution in [3.05, 3.63) is 22.8 Å². The van der Waals surface area contributed by atoms with Gasteiger partial charge in [0.15, 0.2) is 5.82 Å². The molecule has 3 rings (SSSR count). The van der Waals surface area contributed by atoms with Crippen LogP contribution in [0.25, 0.3) is 23.2 Å². The maximum atomic E-state index is 5.50. The normalized spacial score (nSPS) is 11.1. The van der Waals surface area contributed by atoms with Crippen molar-refractivity contribution in [1.82, 2.24) is 24.7 Å². The molecule has 3 aromatic rings. The number of aromatic nitrogens is 5. The Morgan fingerprint density at radius 3 is 3.05 bits per heavy atom. The summed E-state index contributed by atoms with van der Waals surface area (Å²) in [4.78, 5) is 12.9. The number of nitrogens with zero attached hydrogens (tertiary/aromatic N) is 5. The number of hydrogen-bond acceptors (Lipinski definition) is 7. The summed E-state index contributed by atoms with van der Waals surface area (Å²) in [5, 5.41) is 6.78. The molecule has 3 heterocycles. The van der Waals surface area contributed by atoms with Crippen molar-refractivity contribution in [2.75, 3.05) is 6.54 Å². The number of imidazole rings is 1. The molecule has 0 fully saturated rings. The van der Waals surface area contributed by atoms with Gasteiger partial charge in [0.1, 0.15) is 5.69 Å². The molecule has 0 aliphatic carbocycles. The van der Waals surface area contributed by atoms with Crippen LogP contribution in [0.3, 0.4) is 0 Å². The van der Waals surface area contributed by atoms with Crippen LogP contribution in [-0.2, 0) is 13.5 Å². The monoisotopic (exact) mass is 276 g/mol. The first-order chi connectivity index (χ1) is 9.28. The molecule has 7 nitrogen and oxygen atoms in total. The van der Waals surface area contributed by atoms with Crippen LogP contribution >= 0.6 is 11.3 Å². The van der Waals surface area contributed by atoms with E-state index in [1.165, 1.54) is 11.3 Å². The second-order valence-electron chi connectivity index (χ2n) is 3.95. The minimum atomic E-state index is 0.400. The quantitative estimate of drug-likeness (QED) is 0.766. The minimum absolute atomic E-state index is 0.400. The van der Waals surface area contributed by atoms with Crippen LogP contribution in [0.2, 0.25) is 0 Å². The molecular weight excluding hydrogens is 264 g/mol. The Bertz CT molecular complexity index is 685. The van der Waals surface area contributed by atoms with Gasteiger partial charge in [-0.25, -0.2) is 9.97 Å². The minimum Gasteiger partial charge on any atom is -0.332 e. The van der Waals surface area contributed by atoms with E-state index in [4.69, 9.17) is 10.3 Å². The van der Waals surface area contributed by atoms with Gasteiger partial charge in [-0.2, -0.15) is 4.98 Å². The van der Waals surface area contributed by atoms with Crippen LogP contribution in [0.4, 0.5) is 0 Å². The fourth-order valence-electron chi connectivity index (χ4n) is 1.65. The van der Waals surface area contributed by atoms with Crippen molar-refractivity contribution in [3.63, 3.8) is 0 Å². The molecule has 98 valence electrons. The number of nitrogens with two attached hydrogens (primary N) is 1. The van der Waals surface area contributed by atoms with Crippen molar-refractivity contribution in [1.29, 1.82) is 0 Å². The molecule has 19 heavy (non-hydrogen) atoms. The summed E-state index contributed by atoms with van der Waals surface area (Å²) in [6.07, 6.45) is 4.27. The van der Waals surface area contributed by atoms with Gasteiger partial charge in [0, 0.05) is 31.2 Å². The van der Waals surface area contributed by atoms with Crippen molar-refractivity contribution < 1.29 is 4.52 Å². The maximum Gasteiger partial charge on any atom is 0.277 e. The lowest BCUT2D eigenvalue weighted by atomic mass is 10.4. The third-order valence-corrected chi connectivity index (χ3v) is 3.48. The molecule has 0 saturated heterocycles. The van der Waals surface area contributed by atoms with Gasteiger partial charge in [-0.1, -0.05) is 5.16 Å². The average molecular weight is 276 g/mol. The summed E-state index contributed by atoms with van der Waals surface area (Å²) in [5.74, 6) is 1.51. The smallest absolute Gasteiger partial charge is 0.277 e. The predicted octanol–water partition coefficient (Wildman–Crippen LogP) is 1.09. The molecule has 2 N–H and O–H groups in total. The van der Waals surface area contributed by atoms with Crippen LogP contribution in [0.1, 0.15) is 5.01 Å². The molecule has 0 atom stereocenters. The molecule has 0 bridgehead atoms. The highest BCUT2D eigenvalue weighted by atomic mass is 32.1. The molecule has 3 aromatic heterocycles. The van der Waals surface area contributed by atoms with Gasteiger partial charge < -0.3 is 14.8 Å². The van der Waals surface area contributed by atoms with Gasteiger partial charge in [0.2, 0.25) is 5.82 Å². The Kier molecular flexibility index (Phi) is 3.10. The summed E-state index contributed by atoms with van der Waals surface area (Å²) in [6, 6.07) is 0. The largest absolute Gasteiger partial charge is 0.332 e. The Balaban J connectivity index is 1.90. The molecule has 0 aromatic carbocycles. The van der Waals surface area contributed by atoms with E-state index >= 15 is 0 Å². The number of rotatable bonds is 4. The van der Waals surface area contributed by atoms with Crippen LogP contribution in [0, 0.1) is 0 Å². The summed E-state index contributed by atoms with van der Waals surface area (Å²) in [6.45, 7) is 0.579. The fourth-order valence-corrected chi connectivity index (χ4v) is 2.43. The second kappa shape index (κ2) is 4.90. The lowest BCUT2D eigenvalue weighted by Crippen LogP contribution is -2.01. The van der Waals surface area contributed by atoms with Gasteiger partial charge in [-0.15, -0.1) is 11.3 Å². The molecule has 0 spiro atoms. The van der Waals surface area contributed by atoms with E-state index in [9.17, 15) is 0 Å². The molecule has 8 heteroatoms. The second-order valence-corrected chi connectivity index (χ2v) is 4.89. The highest BCUT2D eigenvalue weighted by molar-refractivity contribution is 7.09. The van der Waals surface area contributed by atoms with Gasteiger partial charge in [-0.3, -0.25) is 0 Å². The zero-order valence-electron chi connectivity index (χ0n) is 10.3. The molecule has 0 aliphatic heterocycles. The predicted molar refractivity (Wildman–Crippen MR) is 70.4 cm³/mol. The Hall–Kier alpha value is -2.06. The van der Waals surface area contributed by atoms with E-state index < -0.39 is 0 Å². The first kappa shape index (κ1) is 12.0. The molecular formula is C11H12N6OS. The number of hydrogen-bond donors (Lipinski definition) is 1. The van der Waals surface area contributed by atoms with E-state index in [1.54, 1.807) is 6.20 Å². The van der Waals surface area contributed by atoms with Crippen LogP contribution in [-0.4, -0.2) is 31.2 Å². The number of aryl methyl sites for hydroxylation is 1. The van der Waals surface area contributed by atoms with Crippen LogP contribution in [0.15, 0.2) is 22.3 Å². The topological polar surface area (TPSA) is 95.7 Å². The first-order valence-electron chi connectivity index (χ1n) is 5.74. The fraction of sp³-hybridized carbons (Fsp3) is 0.273. The molecule has 0 saturated carbocycles. The van der Waals surface area contributed by atoms with Crippen LogP contribution < -0.4 is 5.73 Å². The Morgan fingerprint density at radius 2 is 2.32 bits per heavy atom. The highest BCUT2D eigenvalue weighted by Gasteiger charge is 2.15. The third-order valence-electron chi connectivity index (χ3n) is 2.58. The summed E-state index contributed by atoms with van der Waals surface area (Å²) in [5.41, 5.74) is 6.18. The summed E-state index contributed by atoms with van der Waals surface area (Å²) in [7, 11) is 1.88. The lowest BCUT2D eigenvalue weighted by Gasteiger charge is -1.92. The van der Waals surface area contributed by atoms with E-state index in [1.807, 2.05) is 23.2 Å². The van der Waals surface area contributed by atoms with Gasteiger partial charge in [-0.05, 0) is 6.54 Å². The lowest BCUT2D eigenvalue weighted by molar-refractivity contribution is 0.430. The van der Waals surface area contributed by atoms with E-state index in [0.29, 0.717) is 29.8 Å². The SMILES string of the molecule is Cn1ccnc1-c1noc(-c2csc(CCN)n2)n1. The highest BCUT2D eigenvalue weighted by Crippen LogP contribution is 2.22. The van der Waals surface area contributed by atoms with Gasteiger partial charge >= 0.3 is 0 Å². The van der Waals surface area contributed by atoms with Crippen molar-refractivity contribution in [3.8, 4) is 23.2 Å². The maximum absolute atomic E-state index is 5.50. The van der Waals surface area contributed by atoms with Crippen molar-refractivity contribution in [2.24, 2.45) is 12.8 Å². The average Bonchev–Trinajstić information content (AvgIpc) is 3.08. The zero-order valence-corrected chi connectivity index (χ0v) is 11.1. The molecule has 0 aliphatic rings. The first-order valence-corrected chi connectivity index (χ1v) is 6.62. The van der Waals surface area contributed by atoms with E-state index in [-0.39, 0.29) is 0 Å². The van der Waals surface area contributed by atoms with Gasteiger partial charge in [0.05, 0.1) is 5.01 Å². The Morgan fingerprint density at radius 1 is 1.42 bits per heavy atom. The zero-order chi connectivity index (χ0) is 13.2. The van der Waals surface area contributed by atoms with Crippen molar-refractivity contribution in [2.45, 2.75) is 6.42 Å². The third kappa shape index (κ3) is 2.27. The van der Waals surface area contributed by atoms with Crippen LogP contribution in [0.5, 0.6) is 0 Å². The standard InChI is InChI=1S/C11H12N6OS/c1-17-5-4-13-10(17)9-15-11(18-16-9)7-6-19-8(14-7)2-3-12/h4-6H,2-3,12H2,1H3. The molecule has 0 radical (unpaired) electrons. The molecule has 0 amide bonds. The summed E-state index contributed by atoms with van der Waals surface area (Å²) < 4.78 is 7.05. The molecule has 0 unspecified atom stereocenters. The van der Waals surface area contributed by atoms with E-state index in [0.717, 1.165) is 11.4 Å². The van der Waals surface area contributed by atoms with Gasteiger partial charge in [0.25, 0.3) is 5.89 Å². The van der Waals surface area contributed by atoms with E-state index in [2.05, 4.69) is 20.1 Å². The number of thiazole rings is 1. The Labute approximate surface area is 113 Å². The summed E-state index contributed by atoms with van der Waals surface area (Å²) >= 11 is 1.54.